The van der Waals surface area contributed by atoms with E-state index in [1.165, 1.54) is 0 Å². The highest BCUT2D eigenvalue weighted by Gasteiger charge is 2.06. The molecule has 1 rings (SSSR count). The number of hydrogen-bond donors (Lipinski definition) is 1. The van der Waals surface area contributed by atoms with Crippen molar-refractivity contribution in [3.63, 3.8) is 0 Å². The fourth-order valence-electron chi connectivity index (χ4n) is 1.20. The van der Waals surface area contributed by atoms with Gasteiger partial charge in [-0.3, -0.25) is 9.89 Å². The van der Waals surface area contributed by atoms with Crippen LogP contribution in [0.4, 0.5) is 0 Å². The molecule has 0 aliphatic heterocycles. The first kappa shape index (κ1) is 11.2. The Hall–Kier alpha value is -0.900. The van der Waals surface area contributed by atoms with Gasteiger partial charge in [-0.25, -0.2) is 4.68 Å². The summed E-state index contributed by atoms with van der Waals surface area (Å²) in [7, 11) is 0. The van der Waals surface area contributed by atoms with Crippen molar-refractivity contribution in [3.8, 4) is 0 Å². The molecule has 14 heavy (non-hydrogen) atoms. The van der Waals surface area contributed by atoms with Crippen LogP contribution in [0.5, 0.6) is 0 Å². The molecule has 0 saturated carbocycles. The second kappa shape index (κ2) is 4.09. The van der Waals surface area contributed by atoms with Gasteiger partial charge in [-0.15, -0.1) is 0 Å². The lowest BCUT2D eigenvalue weighted by molar-refractivity contribution is 0.487. The van der Waals surface area contributed by atoms with E-state index in [4.69, 9.17) is 12.2 Å². The largest absolute Gasteiger partial charge is 0.299 e. The Labute approximate surface area is 88.8 Å². The normalized spacial score (nSPS) is 11.3. The van der Waals surface area contributed by atoms with Crippen LogP contribution in [0.2, 0.25) is 0 Å². The molecule has 78 valence electrons. The third kappa shape index (κ3) is 2.12. The van der Waals surface area contributed by atoms with Crippen LogP contribution in [0, 0.1) is 4.51 Å². The van der Waals surface area contributed by atoms with Crippen molar-refractivity contribution in [2.75, 3.05) is 0 Å². The zero-order chi connectivity index (χ0) is 10.9. The molecule has 1 aromatic heterocycles. The molecule has 0 saturated heterocycles. The maximum Gasteiger partial charge on any atom is 0.283 e. The zero-order valence-corrected chi connectivity index (χ0v) is 9.81. The predicted octanol–water partition coefficient (Wildman–Crippen LogP) is 2.61. The second-order valence-corrected chi connectivity index (χ2v) is 4.44. The maximum atomic E-state index is 11.6. The van der Waals surface area contributed by atoms with E-state index >= 15 is 0 Å². The Morgan fingerprint density at radius 3 is 2.36 bits per heavy atom. The third-order valence-corrected chi connectivity index (χ3v) is 2.40. The molecule has 1 heterocycles. The number of aromatic amines is 1. The topological polar surface area (TPSA) is 37.8 Å². The highest BCUT2D eigenvalue weighted by atomic mass is 32.1. The minimum absolute atomic E-state index is 0.112. The summed E-state index contributed by atoms with van der Waals surface area (Å²) in [6.45, 7) is 8.04. The summed E-state index contributed by atoms with van der Waals surface area (Å²) in [6, 6.07) is 1.86. The molecule has 0 unspecified atom stereocenters. The first-order valence-corrected chi connectivity index (χ1v) is 5.20. The molecular weight excluding hydrogens is 196 g/mol. The van der Waals surface area contributed by atoms with Crippen LogP contribution in [-0.4, -0.2) is 9.78 Å². The zero-order valence-electron chi connectivity index (χ0n) is 9.00. The summed E-state index contributed by atoms with van der Waals surface area (Å²) >= 11 is 5.01. The summed E-state index contributed by atoms with van der Waals surface area (Å²) in [4.78, 5) is 11.6. The Morgan fingerprint density at radius 2 is 1.93 bits per heavy atom. The van der Waals surface area contributed by atoms with Crippen LogP contribution in [0.25, 0.3) is 0 Å². The lowest BCUT2D eigenvalue weighted by Gasteiger charge is -2.14. The monoisotopic (exact) mass is 212 g/mol. The van der Waals surface area contributed by atoms with Gasteiger partial charge in [0.2, 0.25) is 0 Å². The molecule has 0 aromatic carbocycles. The van der Waals surface area contributed by atoms with Crippen molar-refractivity contribution in [2.45, 2.75) is 39.7 Å². The average molecular weight is 212 g/mol. The van der Waals surface area contributed by atoms with Gasteiger partial charge in [-0.1, -0.05) is 26.1 Å². The predicted molar refractivity (Wildman–Crippen MR) is 60.4 cm³/mol. The minimum Gasteiger partial charge on any atom is -0.299 e. The van der Waals surface area contributed by atoms with E-state index in [9.17, 15) is 4.79 Å². The van der Waals surface area contributed by atoms with Crippen LogP contribution in [0.1, 0.15) is 45.3 Å². The smallest absolute Gasteiger partial charge is 0.283 e. The molecule has 1 N–H and O–H groups in total. The van der Waals surface area contributed by atoms with Crippen LogP contribution >= 0.6 is 12.2 Å². The van der Waals surface area contributed by atoms with Crippen LogP contribution in [-0.2, 0) is 0 Å². The Morgan fingerprint density at radius 1 is 1.36 bits per heavy atom. The van der Waals surface area contributed by atoms with E-state index in [2.05, 4.69) is 18.9 Å². The van der Waals surface area contributed by atoms with E-state index in [-0.39, 0.29) is 11.6 Å². The van der Waals surface area contributed by atoms with Gasteiger partial charge in [0.15, 0.2) is 0 Å². The number of nitrogens with one attached hydrogen (secondary N) is 1. The van der Waals surface area contributed by atoms with E-state index in [1.807, 2.05) is 13.8 Å². The highest BCUT2D eigenvalue weighted by Crippen LogP contribution is 2.10. The molecule has 0 bridgehead atoms. The van der Waals surface area contributed by atoms with Crippen molar-refractivity contribution in [3.05, 3.63) is 26.6 Å². The number of aromatic nitrogens is 2. The lowest BCUT2D eigenvalue weighted by Crippen LogP contribution is -2.26. The van der Waals surface area contributed by atoms with Crippen molar-refractivity contribution in [1.29, 1.82) is 0 Å². The first-order valence-electron chi connectivity index (χ1n) is 4.79. The summed E-state index contributed by atoms with van der Waals surface area (Å²) in [5.41, 5.74) is 0.891. The van der Waals surface area contributed by atoms with Gasteiger partial charge < -0.3 is 0 Å². The van der Waals surface area contributed by atoms with Crippen LogP contribution < -0.4 is 5.56 Å². The van der Waals surface area contributed by atoms with Gasteiger partial charge in [-0.05, 0) is 25.8 Å². The van der Waals surface area contributed by atoms with Crippen molar-refractivity contribution in [1.82, 2.24) is 9.78 Å². The van der Waals surface area contributed by atoms with Gasteiger partial charge in [0.25, 0.3) is 5.56 Å². The lowest BCUT2D eigenvalue weighted by atomic mass is 10.1. The molecule has 4 heteroatoms. The van der Waals surface area contributed by atoms with Gasteiger partial charge >= 0.3 is 0 Å². The van der Waals surface area contributed by atoms with Crippen molar-refractivity contribution < 1.29 is 0 Å². The summed E-state index contributed by atoms with van der Waals surface area (Å²) < 4.78 is 1.97. The highest BCUT2D eigenvalue weighted by molar-refractivity contribution is 7.71. The fraction of sp³-hybridized carbons (Fsp3) is 0.600. The molecular formula is C10H16N2OS. The molecule has 0 fully saturated rings. The van der Waals surface area contributed by atoms with E-state index in [1.54, 1.807) is 10.7 Å². The van der Waals surface area contributed by atoms with E-state index < -0.39 is 0 Å². The number of nitrogens with zero attached hydrogens (tertiary/aromatic N) is 1. The number of hydrogen-bond acceptors (Lipinski definition) is 2. The third-order valence-electron chi connectivity index (χ3n) is 2.10. The molecule has 0 radical (unpaired) electrons. The van der Waals surface area contributed by atoms with Gasteiger partial charge in [0.1, 0.15) is 4.51 Å². The molecule has 0 aliphatic carbocycles. The Balaban J connectivity index is 3.44. The van der Waals surface area contributed by atoms with Crippen LogP contribution in [0.15, 0.2) is 10.9 Å². The maximum absolute atomic E-state index is 11.6. The first-order chi connectivity index (χ1) is 6.43. The minimum atomic E-state index is -0.112. The molecule has 3 nitrogen and oxygen atoms in total. The van der Waals surface area contributed by atoms with Gasteiger partial charge in [-0.2, -0.15) is 0 Å². The van der Waals surface area contributed by atoms with Crippen molar-refractivity contribution >= 4 is 12.2 Å². The average Bonchev–Trinajstić information content (AvgIpc) is 2.08. The fourth-order valence-corrected chi connectivity index (χ4v) is 1.43. The SMILES string of the molecule is CC(C)c1cc(=S)c(=O)n(C(C)C)[nH]1. The van der Waals surface area contributed by atoms with Crippen LogP contribution in [0.3, 0.4) is 0 Å². The molecule has 0 aliphatic rings. The Kier molecular flexibility index (Phi) is 3.26. The number of rotatable bonds is 2. The van der Waals surface area contributed by atoms with E-state index in [0.717, 1.165) is 5.69 Å². The van der Waals surface area contributed by atoms with Gasteiger partial charge in [0.05, 0.1) is 0 Å². The molecule has 0 spiro atoms. The molecule has 0 amide bonds. The second-order valence-electron chi connectivity index (χ2n) is 4.00. The van der Waals surface area contributed by atoms with Crippen molar-refractivity contribution in [2.24, 2.45) is 0 Å². The number of H-pyrrole nitrogens is 1. The summed E-state index contributed by atoms with van der Waals surface area (Å²) in [6.07, 6.45) is 0. The quantitative estimate of drug-likeness (QED) is 0.765. The Bertz CT molecular complexity index is 428. The van der Waals surface area contributed by atoms with Gasteiger partial charge in [0, 0.05) is 11.7 Å². The summed E-state index contributed by atoms with van der Waals surface area (Å²) in [5.74, 6) is 0.349. The molecule has 1 aromatic rings. The standard InChI is InChI=1S/C10H16N2OS/c1-6(2)8-5-9(14)10(13)12(11-8)7(3)4/h5-7,11H,1-4H3. The van der Waals surface area contributed by atoms with E-state index in [0.29, 0.717) is 10.4 Å². The summed E-state index contributed by atoms with van der Waals surface area (Å²) in [5, 5.41) is 3.09. The molecule has 0 atom stereocenters.